The normalized spacial score (nSPS) is 11.2. The van der Waals surface area contributed by atoms with Gasteiger partial charge in [0.25, 0.3) is 0 Å². The number of nitrogens with zero attached hydrogens (tertiary/aromatic N) is 5. The van der Waals surface area contributed by atoms with Crippen molar-refractivity contribution < 1.29 is 4.74 Å². The molecule has 0 amide bonds. The number of pyridine rings is 1. The van der Waals surface area contributed by atoms with E-state index in [1.54, 1.807) is 24.6 Å². The summed E-state index contributed by atoms with van der Waals surface area (Å²) in [5.74, 6) is 2.09. The van der Waals surface area contributed by atoms with Crippen LogP contribution in [0.5, 0.6) is 0 Å². The molecule has 1 N–H and O–H groups in total. The van der Waals surface area contributed by atoms with Gasteiger partial charge in [0, 0.05) is 55.9 Å². The maximum Gasteiger partial charge on any atom is 0.199 e. The molecule has 0 fully saturated rings. The van der Waals surface area contributed by atoms with Crippen LogP contribution in [0.1, 0.15) is 0 Å². The molecule has 160 valence electrons. The number of benzene rings is 1. The molecule has 0 bridgehead atoms. The Labute approximate surface area is 189 Å². The fourth-order valence-electron chi connectivity index (χ4n) is 3.67. The number of hydrogen-bond acceptors (Lipinski definition) is 7. The van der Waals surface area contributed by atoms with Crippen molar-refractivity contribution in [1.29, 1.82) is 0 Å². The summed E-state index contributed by atoms with van der Waals surface area (Å²) < 4.78 is 7.18. The maximum absolute atomic E-state index is 5.26. The van der Waals surface area contributed by atoms with Gasteiger partial charge in [-0.15, -0.1) is 11.3 Å². The summed E-state index contributed by atoms with van der Waals surface area (Å²) in [6.45, 7) is 1.21. The lowest BCUT2D eigenvalue weighted by atomic mass is 10.0. The van der Waals surface area contributed by atoms with Gasteiger partial charge in [-0.1, -0.05) is 30.3 Å². The van der Waals surface area contributed by atoms with E-state index in [9.17, 15) is 0 Å². The lowest BCUT2D eigenvalue weighted by Gasteiger charge is -2.11. The van der Waals surface area contributed by atoms with Gasteiger partial charge in [0.05, 0.1) is 12.0 Å². The van der Waals surface area contributed by atoms with Gasteiger partial charge < -0.3 is 14.6 Å². The standard InChI is InChI=1S/C24H22N6OS/c1-30-14-12-27-23(30)22-28-21(26-13-15-31-2)19-18(16-8-10-25-11-9-16)20(32-24(19)29-22)17-6-4-3-5-7-17/h3-12,14H,13,15H2,1-2H3,(H,26,28,29). The first-order valence-corrected chi connectivity index (χ1v) is 11.1. The van der Waals surface area contributed by atoms with E-state index in [1.807, 2.05) is 48.4 Å². The van der Waals surface area contributed by atoms with Gasteiger partial charge in [-0.2, -0.15) is 0 Å². The molecule has 0 radical (unpaired) electrons. The van der Waals surface area contributed by atoms with Gasteiger partial charge in [0.2, 0.25) is 0 Å². The van der Waals surface area contributed by atoms with Gasteiger partial charge in [0.1, 0.15) is 10.6 Å². The smallest absolute Gasteiger partial charge is 0.199 e. The van der Waals surface area contributed by atoms with Crippen molar-refractivity contribution in [2.24, 2.45) is 7.05 Å². The summed E-state index contributed by atoms with van der Waals surface area (Å²) in [6, 6.07) is 14.4. The molecule has 4 aromatic heterocycles. The van der Waals surface area contributed by atoms with Crippen molar-refractivity contribution in [2.75, 3.05) is 25.6 Å². The second-order valence-corrected chi connectivity index (χ2v) is 8.26. The summed E-state index contributed by atoms with van der Waals surface area (Å²) >= 11 is 1.66. The molecule has 0 aliphatic heterocycles. The van der Waals surface area contributed by atoms with E-state index in [-0.39, 0.29) is 0 Å². The third kappa shape index (κ3) is 3.74. The molecule has 5 aromatic rings. The SMILES string of the molecule is COCCNc1nc(-c2nccn2C)nc2sc(-c3ccccc3)c(-c3ccncc3)c12. The van der Waals surface area contributed by atoms with E-state index in [4.69, 9.17) is 14.7 Å². The number of imidazole rings is 1. The second kappa shape index (κ2) is 8.86. The van der Waals surface area contributed by atoms with Crippen molar-refractivity contribution in [3.05, 3.63) is 67.3 Å². The second-order valence-electron chi connectivity index (χ2n) is 7.27. The molecule has 7 nitrogen and oxygen atoms in total. The van der Waals surface area contributed by atoms with E-state index < -0.39 is 0 Å². The van der Waals surface area contributed by atoms with Crippen molar-refractivity contribution in [1.82, 2.24) is 24.5 Å². The average Bonchev–Trinajstić information content (AvgIpc) is 3.44. The van der Waals surface area contributed by atoms with E-state index >= 15 is 0 Å². The van der Waals surface area contributed by atoms with Crippen LogP contribution in [0.4, 0.5) is 5.82 Å². The highest BCUT2D eigenvalue weighted by Crippen LogP contribution is 2.46. The van der Waals surface area contributed by atoms with Crippen molar-refractivity contribution in [2.45, 2.75) is 0 Å². The lowest BCUT2D eigenvalue weighted by Crippen LogP contribution is -2.10. The van der Waals surface area contributed by atoms with Crippen LogP contribution in [0.3, 0.4) is 0 Å². The summed E-state index contributed by atoms with van der Waals surface area (Å²) in [6.07, 6.45) is 7.28. The van der Waals surface area contributed by atoms with Crippen LogP contribution in [0.15, 0.2) is 67.3 Å². The maximum atomic E-state index is 5.26. The minimum absolute atomic E-state index is 0.573. The van der Waals surface area contributed by atoms with Crippen LogP contribution in [0.2, 0.25) is 0 Å². The largest absolute Gasteiger partial charge is 0.383 e. The molecule has 0 aliphatic carbocycles. The van der Waals surface area contributed by atoms with Crippen LogP contribution in [-0.4, -0.2) is 44.8 Å². The third-order valence-corrected chi connectivity index (χ3v) is 6.31. The Bertz CT molecular complexity index is 1350. The van der Waals surface area contributed by atoms with E-state index in [1.165, 1.54) is 0 Å². The predicted molar refractivity (Wildman–Crippen MR) is 129 cm³/mol. The highest BCUT2D eigenvalue weighted by atomic mass is 32.1. The third-order valence-electron chi connectivity index (χ3n) is 5.18. The molecule has 0 unspecified atom stereocenters. The molecular weight excluding hydrogens is 420 g/mol. The average molecular weight is 443 g/mol. The van der Waals surface area contributed by atoms with Crippen molar-refractivity contribution >= 4 is 27.4 Å². The van der Waals surface area contributed by atoms with Gasteiger partial charge in [-0.3, -0.25) is 4.98 Å². The molecule has 1 aromatic carbocycles. The molecule has 0 saturated carbocycles. The Morgan fingerprint density at radius 1 is 1.00 bits per heavy atom. The number of fused-ring (bicyclic) bond motifs is 1. The van der Waals surface area contributed by atoms with Crippen LogP contribution < -0.4 is 5.32 Å². The Hall–Kier alpha value is -3.62. The van der Waals surface area contributed by atoms with Crippen molar-refractivity contribution in [3.8, 4) is 33.2 Å². The minimum atomic E-state index is 0.573. The molecule has 5 rings (SSSR count). The summed E-state index contributed by atoms with van der Waals surface area (Å²) in [4.78, 5) is 20.6. The molecule has 0 aliphatic rings. The van der Waals surface area contributed by atoms with Crippen LogP contribution in [0.25, 0.3) is 43.4 Å². The number of aryl methyl sites for hydroxylation is 1. The zero-order valence-electron chi connectivity index (χ0n) is 17.8. The molecule has 0 spiro atoms. The quantitative estimate of drug-likeness (QED) is 0.362. The Morgan fingerprint density at radius 3 is 2.53 bits per heavy atom. The minimum Gasteiger partial charge on any atom is -0.383 e. The zero-order chi connectivity index (χ0) is 21.9. The number of methoxy groups -OCH3 is 1. The molecule has 0 saturated heterocycles. The monoisotopic (exact) mass is 442 g/mol. The first kappa shape index (κ1) is 20.3. The summed E-state index contributed by atoms with van der Waals surface area (Å²) in [5.41, 5.74) is 3.32. The lowest BCUT2D eigenvalue weighted by molar-refractivity contribution is 0.210. The molecule has 32 heavy (non-hydrogen) atoms. The Morgan fingerprint density at radius 2 is 1.81 bits per heavy atom. The number of ether oxygens (including phenoxy) is 1. The molecule has 4 heterocycles. The van der Waals surface area contributed by atoms with E-state index in [2.05, 4.69) is 39.6 Å². The summed E-state index contributed by atoms with van der Waals surface area (Å²) in [7, 11) is 3.64. The van der Waals surface area contributed by atoms with E-state index in [0.717, 1.165) is 43.4 Å². The van der Waals surface area contributed by atoms with E-state index in [0.29, 0.717) is 19.0 Å². The number of rotatable bonds is 7. The summed E-state index contributed by atoms with van der Waals surface area (Å²) in [5, 5.41) is 4.46. The topological polar surface area (TPSA) is 77.8 Å². The molecule has 0 atom stereocenters. The van der Waals surface area contributed by atoms with Gasteiger partial charge >= 0.3 is 0 Å². The number of nitrogens with one attached hydrogen (secondary N) is 1. The highest BCUT2D eigenvalue weighted by molar-refractivity contribution is 7.22. The molecule has 8 heteroatoms. The number of anilines is 1. The highest BCUT2D eigenvalue weighted by Gasteiger charge is 2.22. The first-order valence-electron chi connectivity index (χ1n) is 10.3. The van der Waals surface area contributed by atoms with Crippen LogP contribution in [0, 0.1) is 0 Å². The van der Waals surface area contributed by atoms with Gasteiger partial charge in [-0.25, -0.2) is 15.0 Å². The van der Waals surface area contributed by atoms with Gasteiger partial charge in [-0.05, 0) is 23.3 Å². The fourth-order valence-corrected chi connectivity index (χ4v) is 4.87. The van der Waals surface area contributed by atoms with Crippen molar-refractivity contribution in [3.63, 3.8) is 0 Å². The number of hydrogen-bond donors (Lipinski definition) is 1. The van der Waals surface area contributed by atoms with Crippen LogP contribution >= 0.6 is 11.3 Å². The Kier molecular flexibility index (Phi) is 5.62. The zero-order valence-corrected chi connectivity index (χ0v) is 18.6. The molecular formula is C24H22N6OS. The predicted octanol–water partition coefficient (Wildman–Crippen LogP) is 4.88. The number of aromatic nitrogens is 5. The Balaban J connectivity index is 1.80. The number of thiophene rings is 1. The fraction of sp³-hybridized carbons (Fsp3) is 0.167. The van der Waals surface area contributed by atoms with Crippen LogP contribution in [-0.2, 0) is 11.8 Å². The first-order chi connectivity index (χ1) is 15.8. The van der Waals surface area contributed by atoms with Gasteiger partial charge in [0.15, 0.2) is 11.6 Å².